The Hall–Kier alpha value is -3.43. The smallest absolute Gasteiger partial charge is 0.437 e. The van der Waals surface area contributed by atoms with Crippen LogP contribution in [-0.4, -0.2) is 40.2 Å². The van der Waals surface area contributed by atoms with Gasteiger partial charge in [-0.15, -0.1) is 5.10 Å². The SMILES string of the molecule is CCCC[C@H](NC(=O)CNC(=O)OCc1ccccc1)C(=O)c1nn(CC(C)C)c(=O)o1. The second-order valence-electron chi connectivity index (χ2n) is 7.79. The minimum Gasteiger partial charge on any atom is -0.445 e. The van der Waals surface area contributed by atoms with E-state index >= 15 is 0 Å². The Balaban J connectivity index is 1.91. The molecule has 0 aliphatic carbocycles. The van der Waals surface area contributed by atoms with Gasteiger partial charge in [0.05, 0.1) is 12.6 Å². The molecule has 1 aromatic heterocycles. The third-order valence-electron chi connectivity index (χ3n) is 4.46. The van der Waals surface area contributed by atoms with Gasteiger partial charge in [0.1, 0.15) is 13.2 Å². The van der Waals surface area contributed by atoms with Gasteiger partial charge in [0, 0.05) is 0 Å². The summed E-state index contributed by atoms with van der Waals surface area (Å²) in [6.45, 7) is 5.79. The fraction of sp³-hybridized carbons (Fsp3) is 0.500. The van der Waals surface area contributed by atoms with E-state index in [0.717, 1.165) is 16.7 Å². The number of hydrogen-bond donors (Lipinski definition) is 2. The van der Waals surface area contributed by atoms with Crippen molar-refractivity contribution in [3.63, 3.8) is 0 Å². The van der Waals surface area contributed by atoms with E-state index in [2.05, 4.69) is 15.7 Å². The van der Waals surface area contributed by atoms with Crippen LogP contribution in [0.2, 0.25) is 0 Å². The molecule has 0 radical (unpaired) electrons. The molecular formula is C22H30N4O6. The summed E-state index contributed by atoms with van der Waals surface area (Å²) in [5, 5.41) is 8.89. The zero-order valence-corrected chi connectivity index (χ0v) is 18.6. The number of Topliss-reactive ketones (excluding diaryl/α,β-unsaturated/α-hetero) is 1. The quantitative estimate of drug-likeness (QED) is 0.478. The number of hydrogen-bond acceptors (Lipinski definition) is 7. The first kappa shape index (κ1) is 24.8. The number of benzene rings is 1. The molecule has 0 aliphatic heterocycles. The molecule has 2 amide bonds. The lowest BCUT2D eigenvalue weighted by atomic mass is 10.1. The fourth-order valence-electron chi connectivity index (χ4n) is 2.87. The molecule has 10 nitrogen and oxygen atoms in total. The van der Waals surface area contributed by atoms with E-state index in [-0.39, 0.29) is 25.0 Å². The van der Waals surface area contributed by atoms with Crippen molar-refractivity contribution in [1.82, 2.24) is 20.4 Å². The van der Waals surface area contributed by atoms with Crippen molar-refractivity contribution in [3.05, 3.63) is 52.3 Å². The van der Waals surface area contributed by atoms with Crippen molar-refractivity contribution in [2.24, 2.45) is 5.92 Å². The molecule has 174 valence electrons. The molecule has 32 heavy (non-hydrogen) atoms. The van der Waals surface area contributed by atoms with Crippen LogP contribution < -0.4 is 16.4 Å². The predicted octanol–water partition coefficient (Wildman–Crippen LogP) is 2.28. The summed E-state index contributed by atoms with van der Waals surface area (Å²) in [7, 11) is 0. The number of rotatable bonds is 12. The molecule has 1 atom stereocenters. The van der Waals surface area contributed by atoms with Crippen LogP contribution in [0.4, 0.5) is 4.79 Å². The number of aromatic nitrogens is 2. The van der Waals surface area contributed by atoms with Gasteiger partial charge in [0.25, 0.3) is 5.89 Å². The first-order chi connectivity index (χ1) is 15.3. The lowest BCUT2D eigenvalue weighted by Gasteiger charge is -2.16. The Labute approximate surface area is 186 Å². The molecule has 2 rings (SSSR count). The van der Waals surface area contributed by atoms with Crippen LogP contribution in [0, 0.1) is 5.92 Å². The highest BCUT2D eigenvalue weighted by Crippen LogP contribution is 2.08. The van der Waals surface area contributed by atoms with E-state index in [1.165, 1.54) is 0 Å². The van der Waals surface area contributed by atoms with E-state index in [0.29, 0.717) is 19.4 Å². The highest BCUT2D eigenvalue weighted by Gasteiger charge is 2.27. The van der Waals surface area contributed by atoms with Gasteiger partial charge in [-0.05, 0) is 17.9 Å². The third-order valence-corrected chi connectivity index (χ3v) is 4.46. The van der Waals surface area contributed by atoms with Gasteiger partial charge in [-0.3, -0.25) is 9.59 Å². The Morgan fingerprint density at radius 1 is 1.19 bits per heavy atom. The maximum absolute atomic E-state index is 12.8. The van der Waals surface area contributed by atoms with Gasteiger partial charge in [0.15, 0.2) is 0 Å². The normalized spacial score (nSPS) is 11.8. The van der Waals surface area contributed by atoms with E-state index in [4.69, 9.17) is 9.15 Å². The maximum Gasteiger partial charge on any atom is 0.437 e. The number of unbranched alkanes of at least 4 members (excludes halogenated alkanes) is 1. The number of alkyl carbamates (subject to hydrolysis) is 1. The first-order valence-corrected chi connectivity index (χ1v) is 10.7. The van der Waals surface area contributed by atoms with Gasteiger partial charge >= 0.3 is 11.8 Å². The molecule has 0 spiro atoms. The number of ketones is 1. The molecule has 0 saturated heterocycles. The van der Waals surface area contributed by atoms with Crippen molar-refractivity contribution in [2.75, 3.05) is 6.54 Å². The average molecular weight is 447 g/mol. The maximum atomic E-state index is 12.8. The van der Waals surface area contributed by atoms with Gasteiger partial charge in [0.2, 0.25) is 11.7 Å². The number of nitrogens with zero attached hydrogens (tertiary/aromatic N) is 2. The second-order valence-corrected chi connectivity index (χ2v) is 7.79. The van der Waals surface area contributed by atoms with Crippen molar-refractivity contribution in [1.29, 1.82) is 0 Å². The van der Waals surface area contributed by atoms with Crippen molar-refractivity contribution < 1.29 is 23.5 Å². The lowest BCUT2D eigenvalue weighted by molar-refractivity contribution is -0.120. The van der Waals surface area contributed by atoms with Crippen LogP contribution in [-0.2, 0) is 22.7 Å². The zero-order valence-electron chi connectivity index (χ0n) is 18.6. The predicted molar refractivity (Wildman–Crippen MR) is 116 cm³/mol. The van der Waals surface area contributed by atoms with Crippen LogP contribution >= 0.6 is 0 Å². The Morgan fingerprint density at radius 3 is 2.56 bits per heavy atom. The zero-order chi connectivity index (χ0) is 23.5. The molecule has 2 N–H and O–H groups in total. The number of carbonyl (C=O) groups is 3. The molecule has 10 heteroatoms. The Morgan fingerprint density at radius 2 is 1.91 bits per heavy atom. The largest absolute Gasteiger partial charge is 0.445 e. The summed E-state index contributed by atoms with van der Waals surface area (Å²) in [6.07, 6.45) is 1.06. The van der Waals surface area contributed by atoms with E-state index in [9.17, 15) is 19.2 Å². The summed E-state index contributed by atoms with van der Waals surface area (Å²) in [6, 6.07) is 8.20. The summed E-state index contributed by atoms with van der Waals surface area (Å²) in [5.74, 6) is -2.07. The van der Waals surface area contributed by atoms with Crippen molar-refractivity contribution in [3.8, 4) is 0 Å². The minimum absolute atomic E-state index is 0.0734. The van der Waals surface area contributed by atoms with Crippen LogP contribution in [0.5, 0.6) is 0 Å². The van der Waals surface area contributed by atoms with Gasteiger partial charge in [-0.2, -0.15) is 4.68 Å². The van der Waals surface area contributed by atoms with Crippen LogP contribution in [0.15, 0.2) is 39.5 Å². The average Bonchev–Trinajstić information content (AvgIpc) is 3.13. The van der Waals surface area contributed by atoms with Gasteiger partial charge in [-0.1, -0.05) is 63.9 Å². The minimum atomic E-state index is -0.921. The van der Waals surface area contributed by atoms with Crippen LogP contribution in [0.3, 0.4) is 0 Å². The van der Waals surface area contributed by atoms with Gasteiger partial charge in [-0.25, -0.2) is 9.59 Å². The lowest BCUT2D eigenvalue weighted by Crippen LogP contribution is -2.45. The molecule has 0 fully saturated rings. The van der Waals surface area contributed by atoms with E-state index < -0.39 is 29.6 Å². The molecule has 0 aliphatic rings. The number of carbonyl (C=O) groups excluding carboxylic acids is 3. The monoisotopic (exact) mass is 446 g/mol. The number of ether oxygens (including phenoxy) is 1. The molecule has 1 heterocycles. The van der Waals surface area contributed by atoms with Crippen LogP contribution in [0.1, 0.15) is 56.3 Å². The fourth-order valence-corrected chi connectivity index (χ4v) is 2.87. The first-order valence-electron chi connectivity index (χ1n) is 10.7. The Bertz CT molecular complexity index is 951. The molecule has 0 saturated carbocycles. The molecule has 0 unspecified atom stereocenters. The molecule has 0 bridgehead atoms. The number of nitrogens with one attached hydrogen (secondary N) is 2. The number of amides is 2. The second kappa shape index (κ2) is 12.4. The van der Waals surface area contributed by atoms with E-state index in [1.54, 1.807) is 0 Å². The van der Waals surface area contributed by atoms with Crippen molar-refractivity contribution in [2.45, 2.75) is 59.2 Å². The third kappa shape index (κ3) is 8.01. The molecule has 1 aromatic carbocycles. The Kier molecular flexibility index (Phi) is 9.65. The molecular weight excluding hydrogens is 416 g/mol. The highest BCUT2D eigenvalue weighted by atomic mass is 16.5. The molecule has 2 aromatic rings. The summed E-state index contributed by atoms with van der Waals surface area (Å²) >= 11 is 0. The van der Waals surface area contributed by atoms with Crippen LogP contribution in [0.25, 0.3) is 0 Å². The summed E-state index contributed by atoms with van der Waals surface area (Å²) in [4.78, 5) is 48.8. The topological polar surface area (TPSA) is 133 Å². The highest BCUT2D eigenvalue weighted by molar-refractivity contribution is 5.98. The summed E-state index contributed by atoms with van der Waals surface area (Å²) in [5.41, 5.74) is 0.815. The van der Waals surface area contributed by atoms with E-state index in [1.807, 2.05) is 51.1 Å². The summed E-state index contributed by atoms with van der Waals surface area (Å²) < 4.78 is 11.1. The van der Waals surface area contributed by atoms with Crippen molar-refractivity contribution >= 4 is 17.8 Å². The van der Waals surface area contributed by atoms with Gasteiger partial charge < -0.3 is 19.8 Å². The standard InChI is InChI=1S/C22H30N4O6/c1-4-5-11-17(19(28)20-25-26(13-15(2)3)22(30)32-20)24-18(27)12-23-21(29)31-14-16-9-7-6-8-10-16/h6-10,15,17H,4-5,11-14H2,1-3H3,(H,23,29)(H,24,27)/t17-/m0/s1.